The van der Waals surface area contributed by atoms with Gasteiger partial charge in [0.05, 0.1) is 27.9 Å². The van der Waals surface area contributed by atoms with Gasteiger partial charge in [0.2, 0.25) is 5.69 Å². The van der Waals surface area contributed by atoms with E-state index in [1.807, 2.05) is 63.2 Å². The van der Waals surface area contributed by atoms with Crippen LogP contribution in [0.5, 0.6) is 5.75 Å². The molecule has 0 unspecified atom stereocenters. The van der Waals surface area contributed by atoms with E-state index in [2.05, 4.69) is 41.8 Å². The number of aromatic nitrogens is 2. The number of rotatable bonds is 10. The lowest BCUT2D eigenvalue weighted by Gasteiger charge is -2.19. The van der Waals surface area contributed by atoms with Crippen molar-refractivity contribution in [1.82, 2.24) is 4.57 Å². The second-order valence-electron chi connectivity index (χ2n) is 11.0. The zero-order valence-electron chi connectivity index (χ0n) is 27.0. The number of hydrogen-bond acceptors (Lipinski definition) is 8. The molecule has 0 fully saturated rings. The van der Waals surface area contributed by atoms with Gasteiger partial charge in [-0.1, -0.05) is 71.6 Å². The fourth-order valence-electron chi connectivity index (χ4n) is 5.70. The molecular weight excluding hydrogens is 683 g/mol. The zero-order valence-corrected chi connectivity index (χ0v) is 30.3. The molecule has 248 valence electrons. The summed E-state index contributed by atoms with van der Waals surface area (Å²) < 4.78 is 45.1. The highest BCUT2D eigenvalue weighted by molar-refractivity contribution is 8.03. The summed E-state index contributed by atoms with van der Waals surface area (Å²) in [4.78, 5) is 17.2. The predicted octanol–water partition coefficient (Wildman–Crippen LogP) is 6.25. The summed E-state index contributed by atoms with van der Waals surface area (Å²) in [6.45, 7) is 9.62. The molecule has 1 N–H and O–H groups in total. The number of hydrogen-bond donors (Lipinski definition) is 1. The summed E-state index contributed by atoms with van der Waals surface area (Å²) in [6, 6.07) is 24.5. The van der Waals surface area contributed by atoms with E-state index in [0.29, 0.717) is 34.1 Å². The van der Waals surface area contributed by atoms with Crippen LogP contribution in [0.25, 0.3) is 33.9 Å². The molecule has 0 saturated heterocycles. The van der Waals surface area contributed by atoms with E-state index in [9.17, 15) is 17.8 Å². The van der Waals surface area contributed by atoms with Gasteiger partial charge in [-0.05, 0) is 69.2 Å². The molecule has 0 amide bonds. The molecule has 6 rings (SSSR count). The first kappa shape index (κ1) is 33.9. The van der Waals surface area contributed by atoms with E-state index in [-0.39, 0.29) is 5.56 Å². The quantitative estimate of drug-likeness (QED) is 0.135. The van der Waals surface area contributed by atoms with Crippen LogP contribution in [0, 0.1) is 6.92 Å². The molecule has 0 atom stereocenters. The highest BCUT2D eigenvalue weighted by atomic mass is 32.2. The maximum absolute atomic E-state index is 13.7. The van der Waals surface area contributed by atoms with Gasteiger partial charge in [-0.2, -0.15) is 13.0 Å². The fraction of sp³-hybridized carbons (Fsp3) is 0.222. The molecule has 3 aromatic carbocycles. The maximum Gasteiger partial charge on any atom is 0.283 e. The first-order valence-electron chi connectivity index (χ1n) is 15.6. The van der Waals surface area contributed by atoms with Crippen molar-refractivity contribution in [2.24, 2.45) is 0 Å². The molecule has 1 aliphatic heterocycles. The Balaban J connectivity index is 1.48. The van der Waals surface area contributed by atoms with E-state index < -0.39 is 16.0 Å². The lowest BCUT2D eigenvalue weighted by molar-refractivity contribution is -0.679. The van der Waals surface area contributed by atoms with Crippen molar-refractivity contribution in [3.05, 3.63) is 114 Å². The van der Waals surface area contributed by atoms with Crippen molar-refractivity contribution in [2.45, 2.75) is 45.7 Å². The van der Waals surface area contributed by atoms with Crippen molar-refractivity contribution in [2.75, 3.05) is 17.4 Å². The van der Waals surface area contributed by atoms with E-state index in [0.717, 1.165) is 48.4 Å². The second kappa shape index (κ2) is 14.3. The van der Waals surface area contributed by atoms with Crippen molar-refractivity contribution in [3.63, 3.8) is 0 Å². The average Bonchev–Trinajstić information content (AvgIpc) is 3.70. The minimum atomic E-state index is -4.35. The van der Waals surface area contributed by atoms with E-state index in [1.165, 1.54) is 23.1 Å². The molecule has 8 nitrogen and oxygen atoms in total. The van der Waals surface area contributed by atoms with Gasteiger partial charge in [-0.15, -0.1) is 11.3 Å². The van der Waals surface area contributed by atoms with Gasteiger partial charge in [-0.25, -0.2) is 0 Å². The monoisotopic (exact) mass is 718 g/mol. The Morgan fingerprint density at radius 1 is 0.938 bits per heavy atom. The minimum absolute atomic E-state index is 0.118. The van der Waals surface area contributed by atoms with Crippen LogP contribution in [-0.2, 0) is 23.2 Å². The van der Waals surface area contributed by atoms with Crippen LogP contribution in [0.3, 0.4) is 0 Å². The van der Waals surface area contributed by atoms with Crippen molar-refractivity contribution < 1.29 is 22.3 Å². The highest BCUT2D eigenvalue weighted by Crippen LogP contribution is 2.48. The van der Waals surface area contributed by atoms with Crippen molar-refractivity contribution in [1.29, 1.82) is 0 Å². The molecule has 0 spiro atoms. The number of nitrogens with zero attached hydrogens (tertiary/aromatic N) is 3. The number of benzene rings is 3. The largest absolute Gasteiger partial charge is 0.494 e. The topological polar surface area (TPSA) is 92.7 Å². The Labute approximate surface area is 292 Å². The molecule has 2 aromatic heterocycles. The summed E-state index contributed by atoms with van der Waals surface area (Å²) in [7, 11) is -4.35. The lowest BCUT2D eigenvalue weighted by atomic mass is 10.1. The summed E-state index contributed by atoms with van der Waals surface area (Å²) >= 11 is 4.49. The number of thioether (sulfide) groups is 1. The minimum Gasteiger partial charge on any atom is -0.494 e. The highest BCUT2D eigenvalue weighted by Gasteiger charge is 2.30. The molecule has 0 bridgehead atoms. The maximum atomic E-state index is 13.7. The van der Waals surface area contributed by atoms with Gasteiger partial charge in [0.25, 0.3) is 20.7 Å². The first-order chi connectivity index (χ1) is 23.1. The van der Waals surface area contributed by atoms with Crippen LogP contribution in [0.4, 0.5) is 5.69 Å². The van der Waals surface area contributed by atoms with Crippen LogP contribution in [0.1, 0.15) is 31.3 Å². The third-order valence-electron chi connectivity index (χ3n) is 7.85. The Morgan fingerprint density at radius 2 is 1.62 bits per heavy atom. The number of ether oxygens (including phenoxy) is 1. The Morgan fingerprint density at radius 3 is 2.25 bits per heavy atom. The normalized spacial score (nSPS) is 14.7. The van der Waals surface area contributed by atoms with Gasteiger partial charge in [-0.3, -0.25) is 13.9 Å². The standard InChI is InChI=1S/C36H35N3O5S4/c1-5-37-32(47-35(26-16-12-9-13-17-26)34(37)25-14-10-8-11-15-25)22-33-38(6-2)36(40)29(45-33)18-19-31-39(23-48(41,42)43)27-21-28(44-7-3)24(4)20-30(27)46-31/h8-22H,5-7,23H2,1-4H3/p+1/b29-18-,31-19+. The third-order valence-corrected chi connectivity index (χ3v) is 11.8. The summed E-state index contributed by atoms with van der Waals surface area (Å²) in [5.74, 6) is 0.0303. The van der Waals surface area contributed by atoms with Crippen molar-refractivity contribution >= 4 is 62.4 Å². The van der Waals surface area contributed by atoms with Gasteiger partial charge < -0.3 is 9.64 Å². The summed E-state index contributed by atoms with van der Waals surface area (Å²) in [6.07, 6.45) is 5.59. The molecular formula is C36H36N3O5S4+. The number of aryl methyl sites for hydroxylation is 1. The number of thiazole rings is 2. The van der Waals surface area contributed by atoms with Gasteiger partial charge in [0.15, 0.2) is 5.88 Å². The van der Waals surface area contributed by atoms with E-state index in [1.54, 1.807) is 39.0 Å². The summed E-state index contributed by atoms with van der Waals surface area (Å²) in [5.41, 5.74) is 4.83. The van der Waals surface area contributed by atoms with Crippen LogP contribution < -0.4 is 29.0 Å². The molecule has 0 saturated carbocycles. The molecule has 48 heavy (non-hydrogen) atoms. The first-order valence-corrected chi connectivity index (χ1v) is 19.7. The lowest BCUT2D eigenvalue weighted by Crippen LogP contribution is -2.36. The number of fused-ring (bicyclic) bond motifs is 1. The van der Waals surface area contributed by atoms with Crippen LogP contribution in [0.15, 0.2) is 93.6 Å². The van der Waals surface area contributed by atoms with Gasteiger partial charge >= 0.3 is 0 Å². The summed E-state index contributed by atoms with van der Waals surface area (Å²) in [5, 5.41) is 1.62. The predicted molar refractivity (Wildman–Crippen MR) is 198 cm³/mol. The number of anilines is 1. The third kappa shape index (κ3) is 6.94. The molecule has 12 heteroatoms. The van der Waals surface area contributed by atoms with Gasteiger partial charge in [0, 0.05) is 23.1 Å². The van der Waals surface area contributed by atoms with Crippen molar-refractivity contribution in [3.8, 4) is 27.4 Å². The Bertz CT molecular complexity index is 2290. The van der Waals surface area contributed by atoms with Crippen LogP contribution in [-0.4, -0.2) is 30.0 Å². The van der Waals surface area contributed by atoms with Crippen LogP contribution >= 0.6 is 34.4 Å². The van der Waals surface area contributed by atoms with E-state index >= 15 is 0 Å². The van der Waals surface area contributed by atoms with E-state index in [4.69, 9.17) is 4.74 Å². The van der Waals surface area contributed by atoms with Gasteiger partial charge in [0.1, 0.15) is 21.8 Å². The number of allylic oxidation sites excluding steroid dienone is 1. The Kier molecular flexibility index (Phi) is 10.1. The average molecular weight is 719 g/mol. The fourth-order valence-corrected chi connectivity index (χ4v) is 9.95. The molecule has 5 aromatic rings. The smallest absolute Gasteiger partial charge is 0.283 e. The second-order valence-corrected chi connectivity index (χ2v) is 15.6. The molecule has 3 heterocycles. The SMILES string of the molecule is CCOc1cc2c(cc1C)S/C(=C/C=c1\sc(=Cc3sc(-c4ccccc4)c(-c4ccccc4)[n+]3CC)n(CC)c1=O)N2CS(=O)(=O)O. The molecule has 0 radical (unpaired) electrons. The Hall–Kier alpha value is -3.94. The molecule has 0 aliphatic carbocycles. The van der Waals surface area contributed by atoms with Crippen LogP contribution in [0.2, 0.25) is 0 Å². The zero-order chi connectivity index (χ0) is 34.0. The molecule has 1 aliphatic rings.